The molecule has 1 aliphatic carbocycles. The molecule has 1 aliphatic rings. The summed E-state index contributed by atoms with van der Waals surface area (Å²) >= 11 is 0. The van der Waals surface area contributed by atoms with Gasteiger partial charge in [0.25, 0.3) is 0 Å². The Morgan fingerprint density at radius 2 is 2.10 bits per heavy atom. The second-order valence-corrected chi connectivity index (χ2v) is 6.25. The molecule has 20 heavy (non-hydrogen) atoms. The van der Waals surface area contributed by atoms with Gasteiger partial charge in [0.2, 0.25) is 0 Å². The molecule has 2 atom stereocenters. The summed E-state index contributed by atoms with van der Waals surface area (Å²) in [5.41, 5.74) is -0.696. The number of rotatable bonds is 9. The molecule has 0 spiro atoms. The van der Waals surface area contributed by atoms with Gasteiger partial charge in [0.15, 0.2) is 0 Å². The van der Waals surface area contributed by atoms with Gasteiger partial charge < -0.3 is 15.3 Å². The van der Waals surface area contributed by atoms with Gasteiger partial charge >= 0.3 is 5.97 Å². The van der Waals surface area contributed by atoms with E-state index in [0.717, 1.165) is 45.2 Å². The van der Waals surface area contributed by atoms with E-state index in [2.05, 4.69) is 31.1 Å². The molecule has 0 aromatic carbocycles. The number of carboxylic acids is 1. The Morgan fingerprint density at radius 3 is 2.70 bits per heavy atom. The van der Waals surface area contributed by atoms with Crippen LogP contribution in [0.15, 0.2) is 0 Å². The van der Waals surface area contributed by atoms with E-state index in [1.165, 1.54) is 19.3 Å². The first-order valence-corrected chi connectivity index (χ1v) is 8.24. The molecule has 0 heterocycles. The van der Waals surface area contributed by atoms with Gasteiger partial charge in [0, 0.05) is 6.04 Å². The zero-order chi connectivity index (χ0) is 15.0. The van der Waals surface area contributed by atoms with E-state index in [1.807, 2.05) is 0 Å². The molecule has 0 aliphatic heterocycles. The molecular formula is C16H32N2O2. The van der Waals surface area contributed by atoms with E-state index < -0.39 is 11.5 Å². The Kier molecular flexibility index (Phi) is 7.52. The second-order valence-electron chi connectivity index (χ2n) is 6.25. The monoisotopic (exact) mass is 284 g/mol. The lowest BCUT2D eigenvalue weighted by Crippen LogP contribution is -2.58. The minimum Gasteiger partial charge on any atom is -0.480 e. The number of hydrogen-bond donors (Lipinski definition) is 2. The van der Waals surface area contributed by atoms with Crippen molar-refractivity contribution in [3.05, 3.63) is 0 Å². The number of aliphatic carboxylic acids is 1. The summed E-state index contributed by atoms with van der Waals surface area (Å²) in [5, 5.41) is 13.0. The number of carbonyl (C=O) groups is 1. The van der Waals surface area contributed by atoms with Crippen LogP contribution in [0.4, 0.5) is 0 Å². The van der Waals surface area contributed by atoms with Crippen molar-refractivity contribution in [2.24, 2.45) is 0 Å². The highest BCUT2D eigenvalue weighted by atomic mass is 16.4. The van der Waals surface area contributed by atoms with Crippen LogP contribution in [0, 0.1) is 0 Å². The van der Waals surface area contributed by atoms with Crippen molar-refractivity contribution in [2.75, 3.05) is 20.1 Å². The van der Waals surface area contributed by atoms with E-state index in [0.29, 0.717) is 6.04 Å². The Hall–Kier alpha value is -0.610. The van der Waals surface area contributed by atoms with Gasteiger partial charge in [0.1, 0.15) is 5.54 Å². The Balaban J connectivity index is 2.59. The zero-order valence-corrected chi connectivity index (χ0v) is 13.5. The van der Waals surface area contributed by atoms with E-state index >= 15 is 0 Å². The lowest BCUT2D eigenvalue weighted by Gasteiger charge is -2.42. The topological polar surface area (TPSA) is 52.6 Å². The minimum absolute atomic E-state index is 0.404. The molecule has 0 amide bonds. The zero-order valence-electron chi connectivity index (χ0n) is 13.5. The fourth-order valence-corrected chi connectivity index (χ4v) is 3.21. The van der Waals surface area contributed by atoms with Crippen LogP contribution in [0.2, 0.25) is 0 Å². The fraction of sp³-hybridized carbons (Fsp3) is 0.938. The fourth-order valence-electron chi connectivity index (χ4n) is 3.21. The SMILES string of the molecule is CCCCCN(C)C1CCCC(NCCC)(C(=O)O)C1. The number of carboxylic acid groups (broad SMARTS) is 1. The van der Waals surface area contributed by atoms with Crippen molar-refractivity contribution in [3.8, 4) is 0 Å². The van der Waals surface area contributed by atoms with Gasteiger partial charge in [-0.1, -0.05) is 26.7 Å². The van der Waals surface area contributed by atoms with Crippen molar-refractivity contribution in [3.63, 3.8) is 0 Å². The van der Waals surface area contributed by atoms with E-state index in [-0.39, 0.29) is 0 Å². The highest BCUT2D eigenvalue weighted by Crippen LogP contribution is 2.31. The molecule has 0 aromatic heterocycles. The van der Waals surface area contributed by atoms with E-state index in [1.54, 1.807) is 0 Å². The molecule has 0 radical (unpaired) electrons. The van der Waals surface area contributed by atoms with Crippen LogP contribution in [0.5, 0.6) is 0 Å². The first-order valence-electron chi connectivity index (χ1n) is 8.24. The van der Waals surface area contributed by atoms with Crippen LogP contribution in [-0.4, -0.2) is 47.7 Å². The van der Waals surface area contributed by atoms with Gasteiger partial charge in [-0.15, -0.1) is 0 Å². The average Bonchev–Trinajstić information content (AvgIpc) is 2.45. The van der Waals surface area contributed by atoms with Gasteiger partial charge in [0.05, 0.1) is 0 Å². The highest BCUT2D eigenvalue weighted by molar-refractivity contribution is 5.79. The summed E-state index contributed by atoms with van der Waals surface area (Å²) in [6.45, 7) is 6.17. The largest absolute Gasteiger partial charge is 0.480 e. The van der Waals surface area contributed by atoms with Crippen LogP contribution >= 0.6 is 0 Å². The molecular weight excluding hydrogens is 252 g/mol. The van der Waals surface area contributed by atoms with Crippen molar-refractivity contribution < 1.29 is 9.90 Å². The number of hydrogen-bond acceptors (Lipinski definition) is 3. The lowest BCUT2D eigenvalue weighted by molar-refractivity contribution is -0.147. The number of unbranched alkanes of at least 4 members (excludes halogenated alkanes) is 2. The number of nitrogens with zero attached hydrogens (tertiary/aromatic N) is 1. The average molecular weight is 284 g/mol. The second kappa shape index (κ2) is 8.63. The smallest absolute Gasteiger partial charge is 0.323 e. The first kappa shape index (κ1) is 17.4. The van der Waals surface area contributed by atoms with Crippen molar-refractivity contribution in [1.82, 2.24) is 10.2 Å². The van der Waals surface area contributed by atoms with E-state index in [9.17, 15) is 9.90 Å². The summed E-state index contributed by atoms with van der Waals surface area (Å²) in [5.74, 6) is -0.669. The molecule has 1 fully saturated rings. The quantitative estimate of drug-likeness (QED) is 0.639. The van der Waals surface area contributed by atoms with Gasteiger partial charge in [-0.3, -0.25) is 4.79 Å². The standard InChI is InChI=1S/C16H32N2O2/c1-4-6-7-12-18(3)14-9-8-10-16(13-14,15(19)20)17-11-5-2/h14,17H,4-13H2,1-3H3,(H,19,20). The third-order valence-electron chi connectivity index (χ3n) is 4.59. The van der Waals surface area contributed by atoms with Crippen molar-refractivity contribution in [2.45, 2.75) is 76.8 Å². The molecule has 1 rings (SSSR count). The van der Waals surface area contributed by atoms with Crippen molar-refractivity contribution >= 4 is 5.97 Å². The Morgan fingerprint density at radius 1 is 1.35 bits per heavy atom. The van der Waals surface area contributed by atoms with Crippen LogP contribution in [-0.2, 0) is 4.79 Å². The molecule has 1 saturated carbocycles. The molecule has 4 heteroatoms. The Labute approximate surface area is 123 Å². The maximum atomic E-state index is 11.7. The van der Waals surface area contributed by atoms with Crippen LogP contribution in [0.25, 0.3) is 0 Å². The van der Waals surface area contributed by atoms with Crippen molar-refractivity contribution in [1.29, 1.82) is 0 Å². The van der Waals surface area contributed by atoms with Gasteiger partial charge in [-0.05, 0) is 58.7 Å². The third-order valence-corrected chi connectivity index (χ3v) is 4.59. The van der Waals surface area contributed by atoms with Crippen LogP contribution in [0.3, 0.4) is 0 Å². The summed E-state index contributed by atoms with van der Waals surface area (Å²) in [4.78, 5) is 14.1. The summed E-state index contributed by atoms with van der Waals surface area (Å²) in [7, 11) is 2.15. The van der Waals surface area contributed by atoms with Crippen LogP contribution < -0.4 is 5.32 Å². The molecule has 0 bridgehead atoms. The predicted molar refractivity (Wildman–Crippen MR) is 83.1 cm³/mol. The third kappa shape index (κ3) is 4.74. The normalized spacial score (nSPS) is 26.9. The summed E-state index contributed by atoms with van der Waals surface area (Å²) < 4.78 is 0. The molecule has 2 N–H and O–H groups in total. The molecule has 2 unspecified atom stereocenters. The maximum Gasteiger partial charge on any atom is 0.323 e. The van der Waals surface area contributed by atoms with Gasteiger partial charge in [-0.2, -0.15) is 0 Å². The lowest BCUT2D eigenvalue weighted by atomic mass is 9.78. The summed E-state index contributed by atoms with van der Waals surface area (Å²) in [6, 6.07) is 0.404. The predicted octanol–water partition coefficient (Wildman–Crippen LogP) is 2.87. The maximum absolute atomic E-state index is 11.7. The summed E-state index contributed by atoms with van der Waals surface area (Å²) in [6.07, 6.45) is 8.33. The molecule has 0 aromatic rings. The van der Waals surface area contributed by atoms with Crippen LogP contribution in [0.1, 0.15) is 65.2 Å². The molecule has 0 saturated heterocycles. The molecule has 4 nitrogen and oxygen atoms in total. The van der Waals surface area contributed by atoms with Gasteiger partial charge in [-0.25, -0.2) is 0 Å². The first-order chi connectivity index (χ1) is 9.55. The number of nitrogens with one attached hydrogen (secondary N) is 1. The Bertz CT molecular complexity index is 296. The van der Waals surface area contributed by atoms with E-state index in [4.69, 9.17) is 0 Å². The minimum atomic E-state index is -0.696. The highest BCUT2D eigenvalue weighted by Gasteiger charge is 2.43. The molecule has 118 valence electrons.